The topological polar surface area (TPSA) is 105 Å². The number of rotatable bonds is 14. The fraction of sp³-hybridized carbons (Fsp3) is 0.355. The minimum Gasteiger partial charge on any atom is -0.493 e. The Labute approximate surface area is 253 Å². The first-order valence-corrected chi connectivity index (χ1v) is 15.5. The van der Waals surface area contributed by atoms with Crippen molar-refractivity contribution in [1.82, 2.24) is 10.2 Å². The van der Waals surface area contributed by atoms with Gasteiger partial charge >= 0.3 is 0 Å². The number of methoxy groups -OCH3 is 2. The maximum Gasteiger partial charge on any atom is 0.264 e. The van der Waals surface area contributed by atoms with E-state index in [1.807, 2.05) is 45.0 Å². The Morgan fingerprint density at radius 1 is 0.929 bits per heavy atom. The summed E-state index contributed by atoms with van der Waals surface area (Å²) in [7, 11) is -1.43. The Bertz CT molecular complexity index is 1460. The van der Waals surface area contributed by atoms with Gasteiger partial charge in [0.15, 0.2) is 11.5 Å². The average molecular weight is 616 g/mol. The van der Waals surface area contributed by atoms with Gasteiger partial charge in [0.05, 0.1) is 24.8 Å². The summed E-state index contributed by atoms with van der Waals surface area (Å²) in [6, 6.07) is 17.2. The van der Waals surface area contributed by atoms with Crippen LogP contribution in [0.25, 0.3) is 0 Å². The number of sulfonamides is 1. The van der Waals surface area contributed by atoms with Gasteiger partial charge in [-0.05, 0) is 61.7 Å². The molecule has 1 N–H and O–H groups in total. The molecule has 3 aromatic rings. The lowest BCUT2D eigenvalue weighted by molar-refractivity contribution is -0.140. The number of nitrogens with zero attached hydrogens (tertiary/aromatic N) is 2. The number of amides is 2. The molecule has 0 aliphatic heterocycles. The van der Waals surface area contributed by atoms with Crippen LogP contribution in [0.4, 0.5) is 5.69 Å². The lowest BCUT2D eigenvalue weighted by atomic mass is 10.1. The standard InChI is InChI=1S/C31H38ClN3O6S/c1-6-18-33-31(37)27(7-2)34(20-23-10-8-22(3)9-11-23)30(36)21-35(25-14-12-24(32)13-15-25)42(38,39)26-16-17-28(40-4)29(19-26)41-5/h8-17,19,27H,6-7,18,20-21H2,1-5H3,(H,33,37)/t27-/m1/s1. The predicted molar refractivity (Wildman–Crippen MR) is 165 cm³/mol. The highest BCUT2D eigenvalue weighted by Crippen LogP contribution is 2.32. The van der Waals surface area contributed by atoms with Crippen LogP contribution in [0.15, 0.2) is 71.6 Å². The van der Waals surface area contributed by atoms with Crippen LogP contribution in [0, 0.1) is 6.92 Å². The third kappa shape index (κ3) is 7.95. The van der Waals surface area contributed by atoms with Crippen LogP contribution in [-0.2, 0) is 26.2 Å². The largest absolute Gasteiger partial charge is 0.493 e. The van der Waals surface area contributed by atoms with Crippen LogP contribution in [-0.4, -0.2) is 58.5 Å². The Kier molecular flexibility index (Phi) is 11.6. The summed E-state index contributed by atoms with van der Waals surface area (Å²) < 4.78 is 39.8. The van der Waals surface area contributed by atoms with Crippen molar-refractivity contribution < 1.29 is 27.5 Å². The van der Waals surface area contributed by atoms with E-state index in [-0.39, 0.29) is 28.8 Å². The third-order valence-electron chi connectivity index (χ3n) is 6.75. The summed E-state index contributed by atoms with van der Waals surface area (Å²) in [5.74, 6) is -0.243. The minimum absolute atomic E-state index is 0.0966. The molecule has 3 rings (SSSR count). The van der Waals surface area contributed by atoms with Crippen molar-refractivity contribution in [3.05, 3.63) is 82.9 Å². The number of benzene rings is 3. The highest BCUT2D eigenvalue weighted by molar-refractivity contribution is 7.92. The van der Waals surface area contributed by atoms with Gasteiger partial charge in [-0.2, -0.15) is 0 Å². The number of aryl methyl sites for hydroxylation is 1. The van der Waals surface area contributed by atoms with E-state index in [0.29, 0.717) is 23.7 Å². The molecular weight excluding hydrogens is 578 g/mol. The number of halogens is 1. The van der Waals surface area contributed by atoms with Gasteiger partial charge in [0.2, 0.25) is 11.8 Å². The fourth-order valence-corrected chi connectivity index (χ4v) is 5.97. The van der Waals surface area contributed by atoms with Gasteiger partial charge in [0.25, 0.3) is 10.0 Å². The predicted octanol–water partition coefficient (Wildman–Crippen LogP) is 5.19. The monoisotopic (exact) mass is 615 g/mol. The van der Waals surface area contributed by atoms with Crippen LogP contribution in [0.1, 0.15) is 37.8 Å². The minimum atomic E-state index is -4.29. The average Bonchev–Trinajstić information content (AvgIpc) is 2.99. The molecule has 0 saturated carbocycles. The van der Waals surface area contributed by atoms with Crippen LogP contribution in [0.5, 0.6) is 11.5 Å². The number of hydrogen-bond acceptors (Lipinski definition) is 6. The van der Waals surface area contributed by atoms with Gasteiger partial charge in [-0.15, -0.1) is 0 Å². The van der Waals surface area contributed by atoms with E-state index < -0.39 is 28.5 Å². The number of anilines is 1. The Morgan fingerprint density at radius 2 is 1.57 bits per heavy atom. The van der Waals surface area contributed by atoms with Gasteiger partial charge in [0.1, 0.15) is 12.6 Å². The summed E-state index contributed by atoms with van der Waals surface area (Å²) in [6.45, 7) is 5.77. The molecule has 0 aliphatic rings. The Hall–Kier alpha value is -3.76. The van der Waals surface area contributed by atoms with Gasteiger partial charge in [0, 0.05) is 24.2 Å². The lowest BCUT2D eigenvalue weighted by Gasteiger charge is -2.33. The summed E-state index contributed by atoms with van der Waals surface area (Å²) in [6.07, 6.45) is 1.08. The summed E-state index contributed by atoms with van der Waals surface area (Å²) in [4.78, 5) is 28.7. The highest BCUT2D eigenvalue weighted by Gasteiger charge is 2.34. The quantitative estimate of drug-likeness (QED) is 0.267. The molecule has 0 heterocycles. The van der Waals surface area contributed by atoms with E-state index in [2.05, 4.69) is 5.32 Å². The molecule has 0 aliphatic carbocycles. The first kappa shape index (κ1) is 32.8. The number of nitrogens with one attached hydrogen (secondary N) is 1. The normalized spacial score (nSPS) is 11.9. The van der Waals surface area contributed by atoms with Gasteiger partial charge < -0.3 is 19.7 Å². The second-order valence-electron chi connectivity index (χ2n) is 9.73. The number of ether oxygens (including phenoxy) is 2. The molecule has 3 aromatic carbocycles. The van der Waals surface area contributed by atoms with Gasteiger partial charge in [-0.25, -0.2) is 8.42 Å². The van der Waals surface area contributed by atoms with Crippen molar-refractivity contribution in [3.63, 3.8) is 0 Å². The molecular formula is C31H38ClN3O6S. The first-order valence-electron chi connectivity index (χ1n) is 13.7. The maximum absolute atomic E-state index is 14.1. The fourth-order valence-electron chi connectivity index (χ4n) is 4.42. The first-order chi connectivity index (χ1) is 20.0. The molecule has 0 radical (unpaired) electrons. The van der Waals surface area contributed by atoms with Crippen molar-refractivity contribution in [2.75, 3.05) is 31.6 Å². The third-order valence-corrected chi connectivity index (χ3v) is 8.77. The molecule has 9 nitrogen and oxygen atoms in total. The molecule has 11 heteroatoms. The molecule has 0 saturated heterocycles. The van der Waals surface area contributed by atoms with E-state index in [0.717, 1.165) is 21.9 Å². The molecule has 0 unspecified atom stereocenters. The molecule has 0 fully saturated rings. The number of carbonyl (C=O) groups excluding carboxylic acids is 2. The van der Waals surface area contributed by atoms with Crippen molar-refractivity contribution in [2.24, 2.45) is 0 Å². The second-order valence-corrected chi connectivity index (χ2v) is 12.0. The number of carbonyl (C=O) groups is 2. The Balaban J connectivity index is 2.08. The molecule has 1 atom stereocenters. The molecule has 2 amide bonds. The van der Waals surface area contributed by atoms with Crippen molar-refractivity contribution in [3.8, 4) is 11.5 Å². The summed E-state index contributed by atoms with van der Waals surface area (Å²) >= 11 is 6.10. The van der Waals surface area contributed by atoms with Crippen molar-refractivity contribution in [1.29, 1.82) is 0 Å². The number of hydrogen-bond donors (Lipinski definition) is 1. The SMILES string of the molecule is CCCNC(=O)[C@@H](CC)N(Cc1ccc(C)cc1)C(=O)CN(c1ccc(Cl)cc1)S(=O)(=O)c1ccc(OC)c(OC)c1. The van der Waals surface area contributed by atoms with Crippen LogP contribution in [0.3, 0.4) is 0 Å². The van der Waals surface area contributed by atoms with Crippen molar-refractivity contribution >= 4 is 39.1 Å². The highest BCUT2D eigenvalue weighted by atomic mass is 35.5. The van der Waals surface area contributed by atoms with E-state index in [4.69, 9.17) is 21.1 Å². The zero-order valence-corrected chi connectivity index (χ0v) is 26.2. The molecule has 0 spiro atoms. The van der Waals surface area contributed by atoms with Crippen LogP contribution in [0.2, 0.25) is 5.02 Å². The zero-order valence-electron chi connectivity index (χ0n) is 24.6. The summed E-state index contributed by atoms with van der Waals surface area (Å²) in [5, 5.41) is 3.29. The summed E-state index contributed by atoms with van der Waals surface area (Å²) in [5.41, 5.74) is 2.11. The van der Waals surface area contributed by atoms with Crippen LogP contribution >= 0.6 is 11.6 Å². The lowest BCUT2D eigenvalue weighted by Crippen LogP contribution is -2.52. The molecule has 0 bridgehead atoms. The maximum atomic E-state index is 14.1. The molecule has 42 heavy (non-hydrogen) atoms. The van der Waals surface area contributed by atoms with Crippen molar-refractivity contribution in [2.45, 2.75) is 51.1 Å². The van der Waals surface area contributed by atoms with Gasteiger partial charge in [-0.3, -0.25) is 13.9 Å². The molecule has 226 valence electrons. The van der Waals surface area contributed by atoms with E-state index in [1.54, 1.807) is 12.1 Å². The van der Waals surface area contributed by atoms with Crippen LogP contribution < -0.4 is 19.1 Å². The zero-order chi connectivity index (χ0) is 30.9. The van der Waals surface area contributed by atoms with E-state index in [9.17, 15) is 18.0 Å². The smallest absolute Gasteiger partial charge is 0.264 e. The van der Waals surface area contributed by atoms with E-state index in [1.165, 1.54) is 49.5 Å². The second kappa shape index (κ2) is 14.9. The molecule has 0 aromatic heterocycles. The van der Waals surface area contributed by atoms with E-state index >= 15 is 0 Å². The Morgan fingerprint density at radius 3 is 2.14 bits per heavy atom. The van der Waals surface area contributed by atoms with Gasteiger partial charge in [-0.1, -0.05) is 55.3 Å².